The van der Waals surface area contributed by atoms with Crippen LogP contribution < -0.4 is 11.1 Å². The van der Waals surface area contributed by atoms with Crippen LogP contribution in [0.3, 0.4) is 0 Å². The Kier molecular flexibility index (Phi) is 7.08. The second kappa shape index (κ2) is 9.42. The van der Waals surface area contributed by atoms with E-state index in [0.717, 1.165) is 22.9 Å². The molecule has 1 aromatic carbocycles. The lowest BCUT2D eigenvalue weighted by atomic mass is 9.99. The molecule has 0 spiro atoms. The molecule has 3 aromatic rings. The molecule has 0 aliphatic carbocycles. The van der Waals surface area contributed by atoms with Gasteiger partial charge in [0, 0.05) is 36.1 Å². The number of carbonyl (C=O) groups excluding carboxylic acids is 1. The number of thiophene rings is 1. The third kappa shape index (κ3) is 5.11. The number of halogens is 4. The molecule has 0 bridgehead atoms. The van der Waals surface area contributed by atoms with Crippen LogP contribution in [0.5, 0.6) is 0 Å². The summed E-state index contributed by atoms with van der Waals surface area (Å²) < 4.78 is 41.4. The lowest BCUT2D eigenvalue weighted by Crippen LogP contribution is -2.41. The molecule has 3 rings (SSSR count). The van der Waals surface area contributed by atoms with Gasteiger partial charge in [-0.1, -0.05) is 36.7 Å². The lowest BCUT2D eigenvalue weighted by Gasteiger charge is -2.19. The van der Waals surface area contributed by atoms with Crippen LogP contribution in [0.15, 0.2) is 35.7 Å². The average Bonchev–Trinajstić information content (AvgIpc) is 3.30. The van der Waals surface area contributed by atoms with Gasteiger partial charge in [0.2, 0.25) is 0 Å². The topological polar surface area (TPSA) is 72.9 Å². The van der Waals surface area contributed by atoms with Gasteiger partial charge in [-0.2, -0.15) is 18.3 Å². The summed E-state index contributed by atoms with van der Waals surface area (Å²) in [4.78, 5) is 13.2. The Morgan fingerprint density at radius 2 is 2.06 bits per heavy atom. The predicted molar refractivity (Wildman–Crippen MR) is 116 cm³/mol. The minimum atomic E-state index is -4.47. The van der Waals surface area contributed by atoms with E-state index in [1.54, 1.807) is 17.8 Å². The maximum absolute atomic E-state index is 13.3. The molecule has 31 heavy (non-hydrogen) atoms. The second-order valence-electron chi connectivity index (χ2n) is 7.06. The van der Waals surface area contributed by atoms with Crippen molar-refractivity contribution < 1.29 is 18.0 Å². The Hall–Kier alpha value is -2.36. The molecule has 0 fully saturated rings. The van der Waals surface area contributed by atoms with Crippen LogP contribution in [-0.4, -0.2) is 28.3 Å². The quantitative estimate of drug-likeness (QED) is 0.526. The van der Waals surface area contributed by atoms with Crippen LogP contribution in [0, 0.1) is 0 Å². The summed E-state index contributed by atoms with van der Waals surface area (Å²) in [6.45, 7) is 1.98. The molecule has 2 heterocycles. The highest BCUT2D eigenvalue weighted by Gasteiger charge is 2.33. The summed E-state index contributed by atoms with van der Waals surface area (Å²) in [5.41, 5.74) is 7.64. The molecule has 1 amide bonds. The number of nitrogens with one attached hydrogen (secondary N) is 1. The Balaban J connectivity index is 1.78. The van der Waals surface area contributed by atoms with Crippen LogP contribution in [-0.2, 0) is 26.1 Å². The normalized spacial score (nSPS) is 12.7. The van der Waals surface area contributed by atoms with Gasteiger partial charge in [0.25, 0.3) is 5.91 Å². The highest BCUT2D eigenvalue weighted by molar-refractivity contribution is 7.12. The van der Waals surface area contributed by atoms with E-state index < -0.39 is 17.8 Å². The van der Waals surface area contributed by atoms with Crippen molar-refractivity contribution >= 4 is 28.8 Å². The predicted octanol–water partition coefficient (Wildman–Crippen LogP) is 4.68. The van der Waals surface area contributed by atoms with Crippen LogP contribution in [0.1, 0.15) is 33.3 Å². The number of nitrogens with zero attached hydrogens (tertiary/aromatic N) is 2. The molecular formula is C21H22ClF3N4OS. The van der Waals surface area contributed by atoms with Gasteiger partial charge in [0.05, 0.1) is 16.1 Å². The van der Waals surface area contributed by atoms with Crippen LogP contribution >= 0.6 is 22.9 Å². The summed E-state index contributed by atoms with van der Waals surface area (Å²) in [6.07, 6.45) is -3.80. The third-order valence-electron chi connectivity index (χ3n) is 4.96. The number of alkyl halides is 3. The van der Waals surface area contributed by atoms with Crippen LogP contribution in [0.2, 0.25) is 5.15 Å². The van der Waals surface area contributed by atoms with E-state index in [1.165, 1.54) is 29.5 Å². The number of aromatic nitrogens is 2. The lowest BCUT2D eigenvalue weighted by molar-refractivity contribution is -0.138. The summed E-state index contributed by atoms with van der Waals surface area (Å²) in [7, 11) is 1.78. The van der Waals surface area contributed by atoms with Gasteiger partial charge in [-0.05, 0) is 30.5 Å². The van der Waals surface area contributed by atoms with Crippen molar-refractivity contribution in [1.29, 1.82) is 0 Å². The van der Waals surface area contributed by atoms with Crippen molar-refractivity contribution in [2.45, 2.75) is 32.0 Å². The first-order valence-electron chi connectivity index (χ1n) is 9.62. The van der Waals surface area contributed by atoms with Crippen molar-refractivity contribution in [3.8, 4) is 11.3 Å². The first-order valence-corrected chi connectivity index (χ1v) is 10.9. The molecule has 0 saturated carbocycles. The van der Waals surface area contributed by atoms with Crippen molar-refractivity contribution in [1.82, 2.24) is 15.1 Å². The molecule has 0 saturated heterocycles. The van der Waals surface area contributed by atoms with Gasteiger partial charge in [-0.3, -0.25) is 9.48 Å². The van der Waals surface area contributed by atoms with E-state index in [9.17, 15) is 18.0 Å². The maximum atomic E-state index is 13.3. The Morgan fingerprint density at radius 3 is 2.71 bits per heavy atom. The summed E-state index contributed by atoms with van der Waals surface area (Å²) >= 11 is 7.42. The van der Waals surface area contributed by atoms with E-state index in [-0.39, 0.29) is 24.4 Å². The van der Waals surface area contributed by atoms with Gasteiger partial charge in [0.1, 0.15) is 0 Å². The monoisotopic (exact) mass is 470 g/mol. The maximum Gasteiger partial charge on any atom is 0.416 e. The molecule has 5 nitrogen and oxygen atoms in total. The zero-order valence-corrected chi connectivity index (χ0v) is 18.5. The average molecular weight is 471 g/mol. The summed E-state index contributed by atoms with van der Waals surface area (Å²) in [5, 5.41) is 9.23. The molecule has 3 N–H and O–H groups in total. The number of rotatable bonds is 7. The van der Waals surface area contributed by atoms with Gasteiger partial charge in [-0.15, -0.1) is 11.3 Å². The number of aryl methyl sites for hydroxylation is 1. The molecule has 0 aliphatic rings. The Bertz CT molecular complexity index is 1080. The third-order valence-corrected chi connectivity index (χ3v) is 6.19. The number of carbonyl (C=O) groups is 1. The van der Waals surface area contributed by atoms with E-state index >= 15 is 0 Å². The molecule has 2 aromatic heterocycles. The fourth-order valence-electron chi connectivity index (χ4n) is 3.48. The number of amides is 1. The van der Waals surface area contributed by atoms with E-state index in [0.29, 0.717) is 16.5 Å². The van der Waals surface area contributed by atoms with E-state index in [1.807, 2.05) is 12.3 Å². The van der Waals surface area contributed by atoms with Crippen LogP contribution in [0.4, 0.5) is 13.2 Å². The summed E-state index contributed by atoms with van der Waals surface area (Å²) in [5.74, 6) is -0.387. The molecule has 10 heteroatoms. The zero-order valence-electron chi connectivity index (χ0n) is 17.0. The number of benzene rings is 1. The highest BCUT2D eigenvalue weighted by Crippen LogP contribution is 2.33. The van der Waals surface area contributed by atoms with Gasteiger partial charge in [0.15, 0.2) is 5.15 Å². The van der Waals surface area contributed by atoms with E-state index in [2.05, 4.69) is 10.4 Å². The smallest absolute Gasteiger partial charge is 0.347 e. The fraction of sp³-hybridized carbons (Fsp3) is 0.333. The minimum Gasteiger partial charge on any atom is -0.347 e. The molecule has 0 unspecified atom stereocenters. The summed E-state index contributed by atoms with van der Waals surface area (Å²) in [6, 6.07) is 6.39. The van der Waals surface area contributed by atoms with Crippen molar-refractivity contribution in [3.05, 3.63) is 62.4 Å². The Labute approximate surface area is 187 Å². The minimum absolute atomic E-state index is 0.00743. The molecule has 166 valence electrons. The first kappa shape index (κ1) is 23.3. The van der Waals surface area contributed by atoms with Gasteiger partial charge in [-0.25, -0.2) is 0 Å². The zero-order chi connectivity index (χ0) is 22.8. The number of hydrogen-bond acceptors (Lipinski definition) is 4. The molecule has 0 radical (unpaired) electrons. The largest absolute Gasteiger partial charge is 0.416 e. The van der Waals surface area contributed by atoms with Gasteiger partial charge >= 0.3 is 6.18 Å². The molecule has 1 atom stereocenters. The standard InChI is InChI=1S/C21H22ClF3N4OS/c1-3-15-18(29(2)28-19(15)22)13-9-17(31-11-13)20(30)27-14(10-26)8-12-6-4-5-7-16(12)21(23,24)25/h4-7,9,11,14H,3,8,10,26H2,1-2H3,(H,27,30)/t14-/m0/s1. The van der Waals surface area contributed by atoms with Crippen LogP contribution in [0.25, 0.3) is 11.3 Å². The van der Waals surface area contributed by atoms with Gasteiger partial charge < -0.3 is 11.1 Å². The van der Waals surface area contributed by atoms with Crippen molar-refractivity contribution in [3.63, 3.8) is 0 Å². The van der Waals surface area contributed by atoms with E-state index in [4.69, 9.17) is 17.3 Å². The van der Waals surface area contributed by atoms with Crippen molar-refractivity contribution in [2.24, 2.45) is 12.8 Å². The Morgan fingerprint density at radius 1 is 1.35 bits per heavy atom. The first-order chi connectivity index (χ1) is 14.7. The molecule has 0 aliphatic heterocycles. The number of hydrogen-bond donors (Lipinski definition) is 2. The van der Waals surface area contributed by atoms with Crippen molar-refractivity contribution in [2.75, 3.05) is 6.54 Å². The second-order valence-corrected chi connectivity index (χ2v) is 8.33. The molecular weight excluding hydrogens is 449 g/mol. The SMILES string of the molecule is CCc1c(Cl)nn(C)c1-c1csc(C(=O)N[C@H](CN)Cc2ccccc2C(F)(F)F)c1. The number of nitrogens with two attached hydrogens (primary N) is 1. The highest BCUT2D eigenvalue weighted by atomic mass is 35.5. The fourth-order valence-corrected chi connectivity index (χ4v) is 4.61.